The highest BCUT2D eigenvalue weighted by atomic mass is 19.2. The molecule has 0 aliphatic carbocycles. The van der Waals surface area contributed by atoms with Crippen LogP contribution in [0.2, 0.25) is 0 Å². The molecular formula is C25H23F3N8O. The average molecular weight is 509 g/mol. The molecule has 0 bridgehead atoms. The molecule has 3 aromatic heterocycles. The number of imidazole rings is 2. The van der Waals surface area contributed by atoms with Gasteiger partial charge in [-0.05, 0) is 49.1 Å². The molecule has 4 heterocycles. The number of benzene rings is 2. The van der Waals surface area contributed by atoms with Crippen molar-refractivity contribution in [2.45, 2.75) is 19.4 Å². The van der Waals surface area contributed by atoms with Crippen molar-refractivity contribution >= 4 is 34.0 Å². The van der Waals surface area contributed by atoms with Crippen molar-refractivity contribution in [1.29, 1.82) is 0 Å². The van der Waals surface area contributed by atoms with Crippen LogP contribution in [-0.2, 0) is 11.3 Å². The topological polar surface area (TPSA) is 106 Å². The SMILES string of the molecule is Fc1cccc(-n2cnc3c(NCc4nc5c(F)c(F)ccc5[nH]4)nc(NCC4CCOCC4)nc32)c1. The van der Waals surface area contributed by atoms with Crippen molar-refractivity contribution in [2.24, 2.45) is 5.92 Å². The number of hydrogen-bond donors (Lipinski definition) is 3. The third-order valence-corrected chi connectivity index (χ3v) is 6.39. The van der Waals surface area contributed by atoms with E-state index in [1.165, 1.54) is 18.2 Å². The van der Waals surface area contributed by atoms with Gasteiger partial charge in [0.15, 0.2) is 28.6 Å². The van der Waals surface area contributed by atoms with Crippen LogP contribution in [0, 0.1) is 23.4 Å². The lowest BCUT2D eigenvalue weighted by Gasteiger charge is -2.22. The van der Waals surface area contributed by atoms with E-state index in [0.29, 0.717) is 52.4 Å². The molecule has 37 heavy (non-hydrogen) atoms. The van der Waals surface area contributed by atoms with E-state index in [9.17, 15) is 13.2 Å². The Hall–Kier alpha value is -4.19. The van der Waals surface area contributed by atoms with E-state index < -0.39 is 11.6 Å². The lowest BCUT2D eigenvalue weighted by molar-refractivity contribution is 0.0699. The van der Waals surface area contributed by atoms with Gasteiger partial charge in [-0.1, -0.05) is 6.07 Å². The number of aromatic nitrogens is 6. The van der Waals surface area contributed by atoms with Crippen molar-refractivity contribution < 1.29 is 17.9 Å². The van der Waals surface area contributed by atoms with Gasteiger partial charge < -0.3 is 20.4 Å². The zero-order valence-corrected chi connectivity index (χ0v) is 19.6. The second kappa shape index (κ2) is 9.69. The summed E-state index contributed by atoms with van der Waals surface area (Å²) in [5.74, 6) is -0.703. The average Bonchev–Trinajstić information content (AvgIpc) is 3.54. The number of hydrogen-bond acceptors (Lipinski definition) is 7. The number of nitrogens with one attached hydrogen (secondary N) is 3. The van der Waals surface area contributed by atoms with Crippen LogP contribution in [0.3, 0.4) is 0 Å². The summed E-state index contributed by atoms with van der Waals surface area (Å²) >= 11 is 0. The van der Waals surface area contributed by atoms with Crippen LogP contribution in [0.15, 0.2) is 42.7 Å². The molecule has 1 aliphatic heterocycles. The van der Waals surface area contributed by atoms with Crippen molar-refractivity contribution in [3.63, 3.8) is 0 Å². The van der Waals surface area contributed by atoms with Gasteiger partial charge in [0.25, 0.3) is 0 Å². The monoisotopic (exact) mass is 508 g/mol. The minimum Gasteiger partial charge on any atom is -0.381 e. The molecule has 0 radical (unpaired) electrons. The molecule has 1 fully saturated rings. The Morgan fingerprint density at radius 1 is 1.00 bits per heavy atom. The van der Waals surface area contributed by atoms with Crippen LogP contribution in [0.4, 0.5) is 24.9 Å². The van der Waals surface area contributed by atoms with Gasteiger partial charge >= 0.3 is 0 Å². The molecule has 0 atom stereocenters. The second-order valence-electron chi connectivity index (χ2n) is 8.89. The predicted molar refractivity (Wildman–Crippen MR) is 132 cm³/mol. The number of ether oxygens (including phenoxy) is 1. The fourth-order valence-electron chi connectivity index (χ4n) is 4.42. The lowest BCUT2D eigenvalue weighted by atomic mass is 10.0. The van der Waals surface area contributed by atoms with Gasteiger partial charge in [-0.25, -0.2) is 23.1 Å². The molecule has 1 saturated heterocycles. The maximum Gasteiger partial charge on any atom is 0.226 e. The maximum atomic E-state index is 14.1. The molecule has 6 rings (SSSR count). The first-order valence-electron chi connectivity index (χ1n) is 11.9. The van der Waals surface area contributed by atoms with Crippen LogP contribution < -0.4 is 10.6 Å². The minimum atomic E-state index is -1.00. The zero-order chi connectivity index (χ0) is 25.4. The first-order valence-corrected chi connectivity index (χ1v) is 11.9. The Bertz CT molecular complexity index is 1580. The molecular weight excluding hydrogens is 485 g/mol. The summed E-state index contributed by atoms with van der Waals surface area (Å²) in [6.07, 6.45) is 3.45. The highest BCUT2D eigenvalue weighted by Crippen LogP contribution is 2.26. The quantitative estimate of drug-likeness (QED) is 0.296. The maximum absolute atomic E-state index is 14.1. The molecule has 1 aliphatic rings. The summed E-state index contributed by atoms with van der Waals surface area (Å²) in [5.41, 5.74) is 1.83. The first-order chi connectivity index (χ1) is 18.0. The van der Waals surface area contributed by atoms with Gasteiger partial charge in [0, 0.05) is 19.8 Å². The van der Waals surface area contributed by atoms with E-state index >= 15 is 0 Å². The van der Waals surface area contributed by atoms with Crippen molar-refractivity contribution in [2.75, 3.05) is 30.4 Å². The molecule has 5 aromatic rings. The summed E-state index contributed by atoms with van der Waals surface area (Å²) in [7, 11) is 0. The standard InChI is InChI=1S/C25H23F3N8O/c26-15-2-1-3-16(10-15)36-13-31-22-23(29-12-19-32-18-5-4-17(27)20(28)21(18)33-19)34-25(35-24(22)36)30-11-14-6-8-37-9-7-14/h1-5,10,13-14H,6-9,11-12H2,(H,32,33)(H2,29,30,34,35). The van der Waals surface area contributed by atoms with Gasteiger partial charge in [0.1, 0.15) is 23.5 Å². The van der Waals surface area contributed by atoms with Crippen LogP contribution in [0.5, 0.6) is 0 Å². The molecule has 3 N–H and O–H groups in total. The summed E-state index contributed by atoms with van der Waals surface area (Å²) in [5, 5.41) is 6.50. The Balaban J connectivity index is 1.33. The number of rotatable bonds is 7. The third-order valence-electron chi connectivity index (χ3n) is 6.39. The van der Waals surface area contributed by atoms with Crippen molar-refractivity contribution in [3.8, 4) is 5.69 Å². The Kier molecular flexibility index (Phi) is 6.08. The Morgan fingerprint density at radius 2 is 1.86 bits per heavy atom. The van der Waals surface area contributed by atoms with Crippen LogP contribution >= 0.6 is 0 Å². The molecule has 0 saturated carbocycles. The fraction of sp³-hybridized carbons (Fsp3) is 0.280. The van der Waals surface area contributed by atoms with E-state index in [1.807, 2.05) is 0 Å². The van der Waals surface area contributed by atoms with Crippen molar-refractivity contribution in [3.05, 3.63) is 66.0 Å². The van der Waals surface area contributed by atoms with Crippen LogP contribution in [0.25, 0.3) is 27.9 Å². The molecule has 0 amide bonds. The lowest BCUT2D eigenvalue weighted by Crippen LogP contribution is -2.23. The number of nitrogens with zero attached hydrogens (tertiary/aromatic N) is 5. The van der Waals surface area contributed by atoms with E-state index in [2.05, 4.69) is 35.6 Å². The largest absolute Gasteiger partial charge is 0.381 e. The normalized spacial score (nSPS) is 14.5. The molecule has 12 heteroatoms. The second-order valence-corrected chi connectivity index (χ2v) is 8.89. The Morgan fingerprint density at radius 3 is 2.70 bits per heavy atom. The Labute approximate surface area is 209 Å². The number of halogens is 3. The summed E-state index contributed by atoms with van der Waals surface area (Å²) in [6, 6.07) is 8.63. The first kappa shape index (κ1) is 23.2. The fourth-order valence-corrected chi connectivity index (χ4v) is 4.42. The molecule has 2 aromatic carbocycles. The van der Waals surface area contributed by atoms with Gasteiger partial charge in [0.05, 0.1) is 17.7 Å². The molecule has 0 unspecified atom stereocenters. The molecule has 190 valence electrons. The van der Waals surface area contributed by atoms with E-state index in [-0.39, 0.29) is 17.9 Å². The van der Waals surface area contributed by atoms with E-state index in [4.69, 9.17) is 4.74 Å². The zero-order valence-electron chi connectivity index (χ0n) is 19.6. The number of anilines is 2. The van der Waals surface area contributed by atoms with Crippen molar-refractivity contribution in [1.82, 2.24) is 29.5 Å². The van der Waals surface area contributed by atoms with Gasteiger partial charge in [-0.2, -0.15) is 9.97 Å². The highest BCUT2D eigenvalue weighted by molar-refractivity contribution is 5.85. The molecule has 9 nitrogen and oxygen atoms in total. The predicted octanol–water partition coefficient (Wildman–Crippen LogP) is 4.56. The number of fused-ring (bicyclic) bond motifs is 2. The van der Waals surface area contributed by atoms with E-state index in [0.717, 1.165) is 32.1 Å². The summed E-state index contributed by atoms with van der Waals surface area (Å²) in [6.45, 7) is 2.28. The van der Waals surface area contributed by atoms with Crippen LogP contribution in [0.1, 0.15) is 18.7 Å². The van der Waals surface area contributed by atoms with Gasteiger partial charge in [0.2, 0.25) is 5.95 Å². The highest BCUT2D eigenvalue weighted by Gasteiger charge is 2.18. The smallest absolute Gasteiger partial charge is 0.226 e. The summed E-state index contributed by atoms with van der Waals surface area (Å²) < 4.78 is 48.8. The summed E-state index contributed by atoms with van der Waals surface area (Å²) in [4.78, 5) is 20.9. The molecule has 0 spiro atoms. The minimum absolute atomic E-state index is 0.0705. The number of aromatic amines is 1. The van der Waals surface area contributed by atoms with Gasteiger partial charge in [-0.15, -0.1) is 0 Å². The number of H-pyrrole nitrogens is 1. The third kappa shape index (κ3) is 4.67. The van der Waals surface area contributed by atoms with Crippen LogP contribution in [-0.4, -0.2) is 49.2 Å². The van der Waals surface area contributed by atoms with E-state index in [1.54, 1.807) is 23.0 Å². The van der Waals surface area contributed by atoms with Gasteiger partial charge in [-0.3, -0.25) is 4.57 Å².